The van der Waals surface area contributed by atoms with E-state index in [1.165, 1.54) is 40.5 Å². The summed E-state index contributed by atoms with van der Waals surface area (Å²) in [5.41, 5.74) is 1.25. The molecule has 0 atom stereocenters. The van der Waals surface area contributed by atoms with E-state index in [2.05, 4.69) is 115 Å². The molecule has 4 aromatic carbocycles. The van der Waals surface area contributed by atoms with E-state index in [0.717, 1.165) is 13.0 Å². The Labute approximate surface area is 210 Å². The van der Waals surface area contributed by atoms with Crippen LogP contribution in [0.5, 0.6) is 0 Å². The fraction of sp³-hybridized carbons (Fsp3) is 0.200. The third kappa shape index (κ3) is 6.64. The van der Waals surface area contributed by atoms with Crippen LogP contribution in [0.3, 0.4) is 0 Å². The highest BCUT2D eigenvalue weighted by molar-refractivity contribution is 7.95. The van der Waals surface area contributed by atoms with Crippen molar-refractivity contribution < 1.29 is 21.7 Å². The van der Waals surface area contributed by atoms with E-state index in [1.807, 2.05) is 6.07 Å². The van der Waals surface area contributed by atoms with Crippen molar-refractivity contribution in [2.24, 2.45) is 0 Å². The van der Waals surface area contributed by atoms with Crippen LogP contribution in [-0.2, 0) is 11.3 Å². The molecule has 0 fully saturated rings. The Hall–Kier alpha value is -2.25. The van der Waals surface area contributed by atoms with Crippen LogP contribution in [-0.4, -0.2) is 12.8 Å². The van der Waals surface area contributed by atoms with Crippen LogP contribution >= 0.6 is 7.26 Å². The third-order valence-electron chi connectivity index (χ3n) is 5.98. The Kier molecular flexibility index (Phi) is 10.3. The average Bonchev–Trinajstić information content (AvgIpc) is 2.88. The van der Waals surface area contributed by atoms with Gasteiger partial charge in [-0.05, 0) is 61.2 Å². The first-order chi connectivity index (χ1) is 15.9. The second-order valence-corrected chi connectivity index (χ2v) is 11.8. The maximum absolute atomic E-state index is 5.91. The first-order valence-electron chi connectivity index (χ1n) is 11.6. The summed E-state index contributed by atoms with van der Waals surface area (Å²) in [5.74, 6) is 0. The lowest BCUT2D eigenvalue weighted by molar-refractivity contribution is -0.00000682. The van der Waals surface area contributed by atoms with E-state index in [0.29, 0.717) is 6.61 Å². The molecule has 0 spiro atoms. The summed E-state index contributed by atoms with van der Waals surface area (Å²) in [5, 5.41) is 4.41. The first-order valence-corrected chi connectivity index (χ1v) is 13.5. The van der Waals surface area contributed by atoms with E-state index >= 15 is 0 Å². The standard InChI is InChI=1S/C30H32OP.BrH/c1-6-16-27(17-7-1)26-31-24-14-5-15-25-32(28-18-8-2-9-19-28,29-20-10-3-11-21-29)30-22-12-4-13-23-30;/h1-4,6-13,16-23H,5,14-15,24-26H2;1H/q+1;/p-1. The van der Waals surface area contributed by atoms with Crippen molar-refractivity contribution >= 4 is 23.2 Å². The van der Waals surface area contributed by atoms with Gasteiger partial charge in [0.05, 0.1) is 12.8 Å². The molecule has 0 heterocycles. The molecule has 0 aliphatic heterocycles. The summed E-state index contributed by atoms with van der Waals surface area (Å²) in [6, 6.07) is 43.9. The zero-order valence-electron chi connectivity index (χ0n) is 19.0. The van der Waals surface area contributed by atoms with Crippen molar-refractivity contribution in [1.29, 1.82) is 0 Å². The molecule has 0 radical (unpaired) electrons. The Morgan fingerprint density at radius 2 is 0.909 bits per heavy atom. The molecule has 4 aromatic rings. The lowest BCUT2D eigenvalue weighted by atomic mass is 10.2. The smallest absolute Gasteiger partial charge is 0.112 e. The molecular formula is C30H32BrOP. The van der Waals surface area contributed by atoms with Gasteiger partial charge in [-0.15, -0.1) is 0 Å². The number of rotatable bonds is 11. The maximum Gasteiger partial charge on any atom is 0.112 e. The monoisotopic (exact) mass is 518 g/mol. The molecule has 170 valence electrons. The number of ether oxygens (including phenoxy) is 1. The van der Waals surface area contributed by atoms with Gasteiger partial charge in [-0.2, -0.15) is 0 Å². The Morgan fingerprint density at radius 1 is 0.485 bits per heavy atom. The summed E-state index contributed by atoms with van der Waals surface area (Å²) >= 11 is 0. The third-order valence-corrected chi connectivity index (χ3v) is 10.5. The van der Waals surface area contributed by atoms with Crippen LogP contribution in [0.15, 0.2) is 121 Å². The summed E-state index contributed by atoms with van der Waals surface area (Å²) in [4.78, 5) is 0. The van der Waals surface area contributed by atoms with Crippen molar-refractivity contribution in [3.05, 3.63) is 127 Å². The highest BCUT2D eigenvalue weighted by atomic mass is 79.9. The molecule has 0 amide bonds. The number of hydrogen-bond donors (Lipinski definition) is 0. The lowest BCUT2D eigenvalue weighted by Crippen LogP contribution is -3.00. The van der Waals surface area contributed by atoms with Gasteiger partial charge in [-0.3, -0.25) is 0 Å². The summed E-state index contributed by atoms with van der Waals surface area (Å²) in [6.45, 7) is 1.53. The van der Waals surface area contributed by atoms with Crippen LogP contribution in [0.2, 0.25) is 0 Å². The number of unbranched alkanes of at least 4 members (excludes halogenated alkanes) is 2. The normalized spacial score (nSPS) is 11.0. The number of halogens is 1. The molecule has 0 unspecified atom stereocenters. The molecule has 0 aromatic heterocycles. The average molecular weight is 519 g/mol. The molecule has 0 bridgehead atoms. The minimum Gasteiger partial charge on any atom is -1.00 e. The summed E-state index contributed by atoms with van der Waals surface area (Å²) in [7, 11) is -1.70. The minimum atomic E-state index is -1.70. The van der Waals surface area contributed by atoms with Crippen molar-refractivity contribution in [1.82, 2.24) is 0 Å². The van der Waals surface area contributed by atoms with Gasteiger partial charge in [-0.25, -0.2) is 0 Å². The van der Waals surface area contributed by atoms with Crippen molar-refractivity contribution in [2.45, 2.75) is 25.9 Å². The maximum atomic E-state index is 5.91. The molecule has 0 N–H and O–H groups in total. The molecule has 0 saturated carbocycles. The van der Waals surface area contributed by atoms with E-state index in [-0.39, 0.29) is 17.0 Å². The molecule has 0 aliphatic rings. The molecule has 0 aliphatic carbocycles. The van der Waals surface area contributed by atoms with E-state index in [4.69, 9.17) is 4.74 Å². The summed E-state index contributed by atoms with van der Waals surface area (Å²) in [6.07, 6.45) is 4.67. The topological polar surface area (TPSA) is 9.23 Å². The van der Waals surface area contributed by atoms with Crippen LogP contribution in [0.1, 0.15) is 24.8 Å². The summed E-state index contributed by atoms with van der Waals surface area (Å²) < 4.78 is 5.91. The van der Waals surface area contributed by atoms with Crippen molar-refractivity contribution in [3.8, 4) is 0 Å². The zero-order chi connectivity index (χ0) is 21.9. The zero-order valence-corrected chi connectivity index (χ0v) is 21.5. The van der Waals surface area contributed by atoms with Gasteiger partial charge in [0.25, 0.3) is 0 Å². The largest absolute Gasteiger partial charge is 1.00 e. The Morgan fingerprint density at radius 3 is 1.36 bits per heavy atom. The van der Waals surface area contributed by atoms with Crippen molar-refractivity contribution in [2.75, 3.05) is 12.8 Å². The van der Waals surface area contributed by atoms with Gasteiger partial charge in [0.15, 0.2) is 0 Å². The van der Waals surface area contributed by atoms with Gasteiger partial charge in [0.2, 0.25) is 0 Å². The highest BCUT2D eigenvalue weighted by Gasteiger charge is 2.44. The molecule has 33 heavy (non-hydrogen) atoms. The Bertz CT molecular complexity index is 943. The highest BCUT2D eigenvalue weighted by Crippen LogP contribution is 2.55. The predicted molar refractivity (Wildman–Crippen MR) is 140 cm³/mol. The fourth-order valence-electron chi connectivity index (χ4n) is 4.38. The SMILES string of the molecule is [Br-].c1ccc(COCCCCC[P+](c2ccccc2)(c2ccccc2)c2ccccc2)cc1. The quantitative estimate of drug-likeness (QED) is 0.218. The van der Waals surface area contributed by atoms with Gasteiger partial charge >= 0.3 is 0 Å². The van der Waals surface area contributed by atoms with Crippen molar-refractivity contribution in [3.63, 3.8) is 0 Å². The first kappa shape index (κ1) is 25.4. The second-order valence-electron chi connectivity index (χ2n) is 8.14. The molecular weight excluding hydrogens is 487 g/mol. The lowest BCUT2D eigenvalue weighted by Gasteiger charge is -2.27. The number of benzene rings is 4. The van der Waals surface area contributed by atoms with E-state index in [1.54, 1.807) is 0 Å². The van der Waals surface area contributed by atoms with Crippen LogP contribution in [0.25, 0.3) is 0 Å². The molecule has 4 rings (SSSR count). The van der Waals surface area contributed by atoms with Gasteiger partial charge in [0, 0.05) is 6.61 Å². The number of hydrogen-bond acceptors (Lipinski definition) is 1. The van der Waals surface area contributed by atoms with Gasteiger partial charge < -0.3 is 21.7 Å². The minimum absolute atomic E-state index is 0. The van der Waals surface area contributed by atoms with E-state index < -0.39 is 7.26 Å². The van der Waals surface area contributed by atoms with Crippen LogP contribution in [0.4, 0.5) is 0 Å². The second kappa shape index (κ2) is 13.5. The molecule has 0 saturated heterocycles. The van der Waals surface area contributed by atoms with Gasteiger partial charge in [-0.1, -0.05) is 84.9 Å². The fourth-order valence-corrected chi connectivity index (χ4v) is 8.79. The van der Waals surface area contributed by atoms with Gasteiger partial charge in [0.1, 0.15) is 23.2 Å². The predicted octanol–water partition coefficient (Wildman–Crippen LogP) is 3.37. The molecule has 3 heteroatoms. The van der Waals surface area contributed by atoms with E-state index in [9.17, 15) is 0 Å². The van der Waals surface area contributed by atoms with Crippen LogP contribution < -0.4 is 32.9 Å². The molecule has 1 nitrogen and oxygen atoms in total. The van der Waals surface area contributed by atoms with Crippen LogP contribution in [0, 0.1) is 0 Å². The Balaban J connectivity index is 0.00000306.